The quantitative estimate of drug-likeness (QED) is 0.767. The molecule has 9 heteroatoms. The molecule has 0 aliphatic carbocycles. The molecule has 29 heavy (non-hydrogen) atoms. The standard InChI is InChI=1S/C20H26N6O3/c1-3-29-20(28)26-10-6-16(7-11-26)24-18(27)17-12-14(2)23-19(25-17)22-13-15-4-8-21-9-5-15/h4-5,8-9,12,16H,3,6-7,10-11,13H2,1-2H3,(H,24,27)(H,22,23,25). The third-order valence-corrected chi connectivity index (χ3v) is 4.64. The van der Waals surface area contributed by atoms with Gasteiger partial charge in [0.2, 0.25) is 5.95 Å². The normalized spacial score (nSPS) is 14.3. The summed E-state index contributed by atoms with van der Waals surface area (Å²) in [7, 11) is 0. The zero-order valence-corrected chi connectivity index (χ0v) is 16.7. The SMILES string of the molecule is CCOC(=O)N1CCC(NC(=O)c2cc(C)nc(NCc3ccncc3)n2)CC1. The Hall–Kier alpha value is -3.23. The third kappa shape index (κ3) is 5.87. The van der Waals surface area contributed by atoms with Crippen molar-refractivity contribution < 1.29 is 14.3 Å². The van der Waals surface area contributed by atoms with Gasteiger partial charge in [-0.15, -0.1) is 0 Å². The first-order valence-corrected chi connectivity index (χ1v) is 9.76. The monoisotopic (exact) mass is 398 g/mol. The molecular weight excluding hydrogens is 372 g/mol. The summed E-state index contributed by atoms with van der Waals surface area (Å²) in [6.07, 6.45) is 4.51. The number of amides is 2. The summed E-state index contributed by atoms with van der Waals surface area (Å²) in [6, 6.07) is 5.47. The van der Waals surface area contributed by atoms with Crippen LogP contribution in [0.1, 0.15) is 41.5 Å². The fourth-order valence-electron chi connectivity index (χ4n) is 3.13. The molecule has 0 aromatic carbocycles. The summed E-state index contributed by atoms with van der Waals surface area (Å²) in [5.41, 5.74) is 2.08. The van der Waals surface area contributed by atoms with Crippen molar-refractivity contribution in [1.29, 1.82) is 0 Å². The topological polar surface area (TPSA) is 109 Å². The number of likely N-dealkylation sites (tertiary alicyclic amines) is 1. The van der Waals surface area contributed by atoms with Gasteiger partial charge in [0.05, 0.1) is 6.61 Å². The van der Waals surface area contributed by atoms with Crippen LogP contribution in [0.5, 0.6) is 0 Å². The molecule has 3 heterocycles. The Morgan fingerprint density at radius 1 is 1.21 bits per heavy atom. The Labute approximate surface area is 169 Å². The summed E-state index contributed by atoms with van der Waals surface area (Å²) in [5, 5.41) is 6.15. The van der Waals surface area contributed by atoms with E-state index in [0.29, 0.717) is 56.4 Å². The average molecular weight is 398 g/mol. The van der Waals surface area contributed by atoms with Gasteiger partial charge in [-0.05, 0) is 50.5 Å². The molecule has 154 valence electrons. The number of rotatable bonds is 6. The number of hydrogen-bond acceptors (Lipinski definition) is 7. The zero-order valence-electron chi connectivity index (χ0n) is 16.7. The van der Waals surface area contributed by atoms with Crippen molar-refractivity contribution in [2.45, 2.75) is 39.3 Å². The Morgan fingerprint density at radius 3 is 2.62 bits per heavy atom. The highest BCUT2D eigenvalue weighted by atomic mass is 16.6. The minimum absolute atomic E-state index is 0.00308. The van der Waals surface area contributed by atoms with Crippen LogP contribution in [0.15, 0.2) is 30.6 Å². The lowest BCUT2D eigenvalue weighted by Crippen LogP contribution is -2.46. The number of carbonyl (C=O) groups excluding carboxylic acids is 2. The molecular formula is C20H26N6O3. The number of aromatic nitrogens is 3. The number of ether oxygens (including phenoxy) is 1. The van der Waals surface area contributed by atoms with Gasteiger partial charge in [0.15, 0.2) is 0 Å². The van der Waals surface area contributed by atoms with E-state index in [9.17, 15) is 9.59 Å². The molecule has 2 aromatic heterocycles. The van der Waals surface area contributed by atoms with Crippen molar-refractivity contribution in [2.24, 2.45) is 0 Å². The molecule has 0 spiro atoms. The number of aryl methyl sites for hydroxylation is 1. The first-order chi connectivity index (χ1) is 14.0. The van der Waals surface area contributed by atoms with Gasteiger partial charge >= 0.3 is 6.09 Å². The molecule has 9 nitrogen and oxygen atoms in total. The van der Waals surface area contributed by atoms with Crippen molar-refractivity contribution in [3.8, 4) is 0 Å². The van der Waals surface area contributed by atoms with E-state index in [1.54, 1.807) is 30.3 Å². The molecule has 0 saturated carbocycles. The molecule has 3 rings (SSSR count). The summed E-state index contributed by atoms with van der Waals surface area (Å²) >= 11 is 0. The van der Waals surface area contributed by atoms with Crippen molar-refractivity contribution in [3.63, 3.8) is 0 Å². The molecule has 2 aromatic rings. The zero-order chi connectivity index (χ0) is 20.6. The van der Waals surface area contributed by atoms with Crippen LogP contribution in [-0.2, 0) is 11.3 Å². The van der Waals surface area contributed by atoms with Crippen molar-refractivity contribution in [2.75, 3.05) is 25.0 Å². The summed E-state index contributed by atoms with van der Waals surface area (Å²) in [4.78, 5) is 38.8. The average Bonchev–Trinajstić information content (AvgIpc) is 2.73. The van der Waals surface area contributed by atoms with Gasteiger partial charge in [-0.1, -0.05) is 0 Å². The number of anilines is 1. The molecule has 0 unspecified atom stereocenters. The lowest BCUT2D eigenvalue weighted by molar-refractivity contribution is 0.0856. The van der Waals surface area contributed by atoms with Gasteiger partial charge in [0.1, 0.15) is 5.69 Å². The minimum Gasteiger partial charge on any atom is -0.450 e. The van der Waals surface area contributed by atoms with Crippen LogP contribution in [-0.4, -0.2) is 57.6 Å². The number of nitrogens with zero attached hydrogens (tertiary/aromatic N) is 4. The van der Waals surface area contributed by atoms with Gasteiger partial charge in [0, 0.05) is 43.8 Å². The number of piperidine rings is 1. The highest BCUT2D eigenvalue weighted by Gasteiger charge is 2.25. The first-order valence-electron chi connectivity index (χ1n) is 9.76. The van der Waals surface area contributed by atoms with Crippen molar-refractivity contribution >= 4 is 17.9 Å². The predicted molar refractivity (Wildman–Crippen MR) is 107 cm³/mol. The van der Waals surface area contributed by atoms with Crippen LogP contribution >= 0.6 is 0 Å². The second-order valence-corrected chi connectivity index (χ2v) is 6.86. The maximum Gasteiger partial charge on any atom is 0.409 e. The Morgan fingerprint density at radius 2 is 1.93 bits per heavy atom. The largest absolute Gasteiger partial charge is 0.450 e. The smallest absolute Gasteiger partial charge is 0.409 e. The number of nitrogens with one attached hydrogen (secondary N) is 2. The summed E-state index contributed by atoms with van der Waals surface area (Å²) in [5.74, 6) is 0.168. The van der Waals surface area contributed by atoms with E-state index in [-0.39, 0.29) is 18.0 Å². The molecule has 1 aliphatic rings. The number of carbonyl (C=O) groups is 2. The highest BCUT2D eigenvalue weighted by Crippen LogP contribution is 2.13. The maximum atomic E-state index is 12.7. The molecule has 1 saturated heterocycles. The molecule has 2 N–H and O–H groups in total. The molecule has 0 atom stereocenters. The maximum absolute atomic E-state index is 12.7. The second-order valence-electron chi connectivity index (χ2n) is 6.86. The van der Waals surface area contributed by atoms with Crippen LogP contribution < -0.4 is 10.6 Å². The van der Waals surface area contributed by atoms with Gasteiger partial charge in [-0.3, -0.25) is 9.78 Å². The van der Waals surface area contributed by atoms with Gasteiger partial charge in [0.25, 0.3) is 5.91 Å². The van der Waals surface area contributed by atoms with Crippen LogP contribution in [0.3, 0.4) is 0 Å². The van der Waals surface area contributed by atoms with Crippen LogP contribution in [0.25, 0.3) is 0 Å². The fraction of sp³-hybridized carbons (Fsp3) is 0.450. The minimum atomic E-state index is -0.298. The van der Waals surface area contributed by atoms with E-state index in [4.69, 9.17) is 4.74 Å². The van der Waals surface area contributed by atoms with E-state index in [0.717, 1.165) is 5.56 Å². The van der Waals surface area contributed by atoms with Gasteiger partial charge < -0.3 is 20.3 Å². The van der Waals surface area contributed by atoms with E-state index in [1.807, 2.05) is 19.1 Å². The van der Waals surface area contributed by atoms with E-state index >= 15 is 0 Å². The van der Waals surface area contributed by atoms with E-state index in [2.05, 4.69) is 25.6 Å². The predicted octanol–water partition coefficient (Wildman–Crippen LogP) is 2.14. The Kier molecular flexibility index (Phi) is 6.94. The molecule has 0 radical (unpaired) electrons. The van der Waals surface area contributed by atoms with Crippen LogP contribution in [0, 0.1) is 6.92 Å². The first kappa shape index (κ1) is 20.5. The Balaban J connectivity index is 1.55. The highest BCUT2D eigenvalue weighted by molar-refractivity contribution is 5.92. The molecule has 1 fully saturated rings. The van der Waals surface area contributed by atoms with Gasteiger partial charge in [-0.25, -0.2) is 14.8 Å². The second kappa shape index (κ2) is 9.81. The van der Waals surface area contributed by atoms with Crippen LogP contribution in [0.2, 0.25) is 0 Å². The molecule has 0 bridgehead atoms. The lowest BCUT2D eigenvalue weighted by Gasteiger charge is -2.31. The third-order valence-electron chi connectivity index (χ3n) is 4.64. The van der Waals surface area contributed by atoms with Crippen molar-refractivity contribution in [1.82, 2.24) is 25.2 Å². The van der Waals surface area contributed by atoms with Gasteiger partial charge in [-0.2, -0.15) is 0 Å². The number of pyridine rings is 1. The van der Waals surface area contributed by atoms with Crippen LogP contribution in [0.4, 0.5) is 10.7 Å². The fourth-order valence-corrected chi connectivity index (χ4v) is 3.13. The molecule has 2 amide bonds. The van der Waals surface area contributed by atoms with Crippen molar-refractivity contribution in [3.05, 3.63) is 47.5 Å². The molecule has 1 aliphatic heterocycles. The van der Waals surface area contributed by atoms with E-state index in [1.165, 1.54) is 0 Å². The van der Waals surface area contributed by atoms with E-state index < -0.39 is 0 Å². The lowest BCUT2D eigenvalue weighted by atomic mass is 10.1. The summed E-state index contributed by atoms with van der Waals surface area (Å²) in [6.45, 7) is 5.64. The number of hydrogen-bond donors (Lipinski definition) is 2. The Bertz CT molecular complexity index is 837. The summed E-state index contributed by atoms with van der Waals surface area (Å²) < 4.78 is 5.02.